The highest BCUT2D eigenvalue weighted by atomic mass is 16.6. The number of hydrogen-bond donors (Lipinski definition) is 2. The lowest BCUT2D eigenvalue weighted by Crippen LogP contribution is -2.27. The Balaban J connectivity index is 3.09. The monoisotopic (exact) mass is 362 g/mol. The second-order valence-corrected chi connectivity index (χ2v) is 5.25. The molecule has 0 aromatic rings. The molecule has 0 rings (SSSR count). The Morgan fingerprint density at radius 3 is 1.64 bits per heavy atom. The van der Waals surface area contributed by atoms with Crippen LogP contribution in [-0.4, -0.2) is 77.8 Å². The number of nitrogens with one attached hydrogen (secondary N) is 2. The maximum absolute atomic E-state index is 11.2. The quantitative estimate of drug-likeness (QED) is 0.345. The van der Waals surface area contributed by atoms with Gasteiger partial charge in [0.2, 0.25) is 11.8 Å². The minimum Gasteiger partial charge on any atom is -0.379 e. The van der Waals surface area contributed by atoms with Gasteiger partial charge in [-0.15, -0.1) is 0 Å². The van der Waals surface area contributed by atoms with E-state index in [0.717, 1.165) is 6.42 Å². The van der Waals surface area contributed by atoms with Gasteiger partial charge in [-0.2, -0.15) is 0 Å². The van der Waals surface area contributed by atoms with Crippen molar-refractivity contribution in [2.45, 2.75) is 33.1 Å². The van der Waals surface area contributed by atoms with E-state index in [0.29, 0.717) is 78.8 Å². The zero-order valence-corrected chi connectivity index (χ0v) is 15.6. The second kappa shape index (κ2) is 19.1. The van der Waals surface area contributed by atoms with Gasteiger partial charge in [-0.25, -0.2) is 0 Å². The summed E-state index contributed by atoms with van der Waals surface area (Å²) in [6, 6.07) is 0. The van der Waals surface area contributed by atoms with Gasteiger partial charge < -0.3 is 29.6 Å². The molecule has 0 saturated heterocycles. The van der Waals surface area contributed by atoms with Gasteiger partial charge in [-0.05, 0) is 13.3 Å². The molecule has 0 aromatic carbocycles. The summed E-state index contributed by atoms with van der Waals surface area (Å²) in [5, 5.41) is 5.48. The van der Waals surface area contributed by atoms with Crippen molar-refractivity contribution < 1.29 is 28.5 Å². The predicted octanol–water partition coefficient (Wildman–Crippen LogP) is 0.495. The minimum absolute atomic E-state index is 0.00220. The number of amides is 2. The molecule has 2 amide bonds. The summed E-state index contributed by atoms with van der Waals surface area (Å²) in [5.41, 5.74) is 0. The zero-order valence-electron chi connectivity index (χ0n) is 15.6. The van der Waals surface area contributed by atoms with E-state index in [9.17, 15) is 9.59 Å². The molecule has 148 valence electrons. The van der Waals surface area contributed by atoms with E-state index < -0.39 is 0 Å². The maximum atomic E-state index is 11.2. The summed E-state index contributed by atoms with van der Waals surface area (Å²) in [4.78, 5) is 22.3. The van der Waals surface area contributed by atoms with E-state index in [1.807, 2.05) is 13.8 Å². The van der Waals surface area contributed by atoms with Crippen LogP contribution in [0.2, 0.25) is 0 Å². The van der Waals surface area contributed by atoms with Gasteiger partial charge in [0.25, 0.3) is 0 Å². The molecule has 0 heterocycles. The van der Waals surface area contributed by atoms with E-state index >= 15 is 0 Å². The molecule has 25 heavy (non-hydrogen) atoms. The molecular formula is C17H34N2O6. The molecule has 0 unspecified atom stereocenters. The van der Waals surface area contributed by atoms with Crippen LogP contribution in [0.5, 0.6) is 0 Å². The van der Waals surface area contributed by atoms with Gasteiger partial charge in [0, 0.05) is 25.9 Å². The molecule has 0 aromatic heterocycles. The number of ether oxygens (including phenoxy) is 4. The summed E-state index contributed by atoms with van der Waals surface area (Å²) < 4.78 is 21.3. The van der Waals surface area contributed by atoms with E-state index in [1.165, 1.54) is 0 Å². The molecule has 8 heteroatoms. The van der Waals surface area contributed by atoms with Gasteiger partial charge in [-0.1, -0.05) is 6.92 Å². The summed E-state index contributed by atoms with van der Waals surface area (Å²) in [7, 11) is 0. The van der Waals surface area contributed by atoms with Crippen LogP contribution in [-0.2, 0) is 28.5 Å². The molecule has 8 nitrogen and oxygen atoms in total. The van der Waals surface area contributed by atoms with Crippen molar-refractivity contribution in [2.24, 2.45) is 0 Å². The van der Waals surface area contributed by atoms with Crippen molar-refractivity contribution in [1.82, 2.24) is 10.6 Å². The van der Waals surface area contributed by atoms with Gasteiger partial charge in [0.1, 0.15) is 0 Å². The maximum Gasteiger partial charge on any atom is 0.222 e. The molecule has 0 saturated carbocycles. The first-order chi connectivity index (χ1) is 12.2. The molecule has 0 fully saturated rings. The average Bonchev–Trinajstić information content (AvgIpc) is 2.58. The van der Waals surface area contributed by atoms with Crippen LogP contribution in [0, 0.1) is 0 Å². The third kappa shape index (κ3) is 19.0. The largest absolute Gasteiger partial charge is 0.379 e. The molecule has 0 aliphatic rings. The molecule has 0 bridgehead atoms. The second-order valence-electron chi connectivity index (χ2n) is 5.25. The van der Waals surface area contributed by atoms with E-state index in [1.54, 1.807) is 0 Å². The van der Waals surface area contributed by atoms with Crippen molar-refractivity contribution in [1.29, 1.82) is 0 Å². The third-order valence-corrected chi connectivity index (χ3v) is 3.01. The van der Waals surface area contributed by atoms with Crippen molar-refractivity contribution in [2.75, 3.05) is 65.9 Å². The van der Waals surface area contributed by atoms with E-state index in [-0.39, 0.29) is 11.8 Å². The Bertz CT molecular complexity index is 298. The predicted molar refractivity (Wildman–Crippen MR) is 94.5 cm³/mol. The van der Waals surface area contributed by atoms with Crippen LogP contribution in [0.15, 0.2) is 0 Å². The average molecular weight is 362 g/mol. The number of carbonyl (C=O) groups is 2. The van der Waals surface area contributed by atoms with Crippen LogP contribution in [0.25, 0.3) is 0 Å². The summed E-state index contributed by atoms with van der Waals surface area (Å²) in [5.74, 6) is 0.0649. The topological polar surface area (TPSA) is 95.1 Å². The fraction of sp³-hybridized carbons (Fsp3) is 0.882. The summed E-state index contributed by atoms with van der Waals surface area (Å²) in [6.45, 7) is 8.84. The first-order valence-electron chi connectivity index (χ1n) is 9.05. The van der Waals surface area contributed by atoms with Gasteiger partial charge >= 0.3 is 0 Å². The highest BCUT2D eigenvalue weighted by Gasteiger charge is 1.99. The van der Waals surface area contributed by atoms with Crippen LogP contribution >= 0.6 is 0 Å². The normalized spacial score (nSPS) is 10.6. The van der Waals surface area contributed by atoms with Crippen LogP contribution in [0.3, 0.4) is 0 Å². The van der Waals surface area contributed by atoms with Crippen LogP contribution in [0.4, 0.5) is 0 Å². The van der Waals surface area contributed by atoms with Crippen molar-refractivity contribution in [3.05, 3.63) is 0 Å². The minimum atomic E-state index is 0.00220. The molecular weight excluding hydrogens is 328 g/mol. The van der Waals surface area contributed by atoms with Crippen molar-refractivity contribution in [3.63, 3.8) is 0 Å². The van der Waals surface area contributed by atoms with Crippen LogP contribution < -0.4 is 10.6 Å². The lowest BCUT2D eigenvalue weighted by Gasteiger charge is -2.08. The molecule has 0 spiro atoms. The summed E-state index contributed by atoms with van der Waals surface area (Å²) >= 11 is 0. The fourth-order valence-electron chi connectivity index (χ4n) is 1.79. The highest BCUT2D eigenvalue weighted by molar-refractivity contribution is 5.76. The van der Waals surface area contributed by atoms with E-state index in [4.69, 9.17) is 18.9 Å². The first kappa shape index (κ1) is 23.8. The molecule has 0 atom stereocenters. The van der Waals surface area contributed by atoms with E-state index in [2.05, 4.69) is 10.6 Å². The summed E-state index contributed by atoms with van der Waals surface area (Å²) in [6.07, 6.45) is 1.78. The Kier molecular flexibility index (Phi) is 18.2. The Morgan fingerprint density at radius 2 is 1.12 bits per heavy atom. The Hall–Kier alpha value is -1.22. The fourth-order valence-corrected chi connectivity index (χ4v) is 1.79. The molecule has 0 radical (unpaired) electrons. The number of hydrogen-bond acceptors (Lipinski definition) is 6. The van der Waals surface area contributed by atoms with Gasteiger partial charge in [0.15, 0.2) is 0 Å². The van der Waals surface area contributed by atoms with Crippen molar-refractivity contribution >= 4 is 11.8 Å². The number of carbonyl (C=O) groups excluding carboxylic acids is 2. The van der Waals surface area contributed by atoms with Gasteiger partial charge in [0.05, 0.1) is 52.9 Å². The lowest BCUT2D eigenvalue weighted by molar-refractivity contribution is -0.122. The smallest absolute Gasteiger partial charge is 0.222 e. The molecule has 0 aliphatic carbocycles. The standard InChI is InChI=1S/C17H34N2O6/c1-3-5-16(20)19-7-9-23-11-13-25-15-14-24-12-10-22-8-6-17(21)18-4-2/h3-15H2,1-2H3,(H,18,21)(H,19,20). The van der Waals surface area contributed by atoms with Crippen molar-refractivity contribution in [3.8, 4) is 0 Å². The first-order valence-corrected chi connectivity index (χ1v) is 9.05. The highest BCUT2D eigenvalue weighted by Crippen LogP contribution is 1.87. The Labute approximate surface area is 150 Å². The Morgan fingerprint density at radius 1 is 0.640 bits per heavy atom. The molecule has 0 aliphatic heterocycles. The number of rotatable bonds is 18. The van der Waals surface area contributed by atoms with Gasteiger partial charge in [-0.3, -0.25) is 9.59 Å². The molecule has 2 N–H and O–H groups in total. The lowest BCUT2D eigenvalue weighted by atomic mass is 10.3. The SMILES string of the molecule is CCCC(=O)NCCOCCOCCOCCOCCC(=O)NCC. The zero-order chi connectivity index (χ0) is 18.6. The third-order valence-electron chi connectivity index (χ3n) is 3.01. The van der Waals surface area contributed by atoms with Crippen LogP contribution in [0.1, 0.15) is 33.1 Å².